The van der Waals surface area contributed by atoms with Gasteiger partial charge in [-0.1, -0.05) is 6.92 Å². The molecule has 2 aliphatic heterocycles. The molecular formula is C10H16O2S. The van der Waals surface area contributed by atoms with Crippen LogP contribution < -0.4 is 0 Å². The predicted molar refractivity (Wildman–Crippen MR) is 54.7 cm³/mol. The highest BCUT2D eigenvalue weighted by molar-refractivity contribution is 7.99. The fraction of sp³-hybridized carbons (Fsp3) is 0.800. The topological polar surface area (TPSA) is 29.5 Å². The van der Waals surface area contributed by atoms with Gasteiger partial charge in [-0.3, -0.25) is 0 Å². The Balaban J connectivity index is 2.17. The van der Waals surface area contributed by atoms with Gasteiger partial charge in [0.15, 0.2) is 0 Å². The van der Waals surface area contributed by atoms with Crippen molar-refractivity contribution in [2.24, 2.45) is 5.92 Å². The highest BCUT2D eigenvalue weighted by atomic mass is 32.2. The van der Waals surface area contributed by atoms with E-state index in [4.69, 9.17) is 4.74 Å². The molecule has 0 amide bonds. The van der Waals surface area contributed by atoms with Gasteiger partial charge in [0.25, 0.3) is 0 Å². The Morgan fingerprint density at radius 3 is 3.08 bits per heavy atom. The van der Waals surface area contributed by atoms with E-state index in [1.807, 2.05) is 11.8 Å². The first kappa shape index (κ1) is 9.41. The number of hydrogen-bond acceptors (Lipinski definition) is 3. The standard InChI is InChI=1S/C10H16O2S/c1-8-6-13-7-10(8,11)9-4-2-3-5-12-9/h4,8,11H,2-3,5-7H2,1H3. The van der Waals surface area contributed by atoms with E-state index in [2.05, 4.69) is 13.0 Å². The molecule has 0 spiro atoms. The van der Waals surface area contributed by atoms with Crippen molar-refractivity contribution in [2.75, 3.05) is 18.1 Å². The van der Waals surface area contributed by atoms with Crippen molar-refractivity contribution < 1.29 is 9.84 Å². The highest BCUT2D eigenvalue weighted by Crippen LogP contribution is 2.40. The van der Waals surface area contributed by atoms with Crippen molar-refractivity contribution in [1.82, 2.24) is 0 Å². The average molecular weight is 200 g/mol. The van der Waals surface area contributed by atoms with Gasteiger partial charge in [0.1, 0.15) is 11.4 Å². The lowest BCUT2D eigenvalue weighted by Crippen LogP contribution is -2.39. The number of thioether (sulfide) groups is 1. The van der Waals surface area contributed by atoms with Crippen LogP contribution in [-0.4, -0.2) is 28.8 Å². The van der Waals surface area contributed by atoms with Crippen LogP contribution in [-0.2, 0) is 4.74 Å². The summed E-state index contributed by atoms with van der Waals surface area (Å²) < 4.78 is 5.53. The molecule has 1 saturated heterocycles. The van der Waals surface area contributed by atoms with E-state index in [0.717, 1.165) is 36.7 Å². The van der Waals surface area contributed by atoms with E-state index in [1.165, 1.54) is 0 Å². The molecule has 2 heterocycles. The molecule has 0 bridgehead atoms. The van der Waals surface area contributed by atoms with Crippen molar-refractivity contribution >= 4 is 11.8 Å². The third-order valence-electron chi connectivity index (χ3n) is 2.87. The minimum absolute atomic E-state index is 0.321. The first-order valence-corrected chi connectivity index (χ1v) is 6.02. The fourth-order valence-electron chi connectivity index (χ4n) is 1.84. The van der Waals surface area contributed by atoms with Crippen LogP contribution in [0.15, 0.2) is 11.8 Å². The summed E-state index contributed by atoms with van der Waals surface area (Å²) in [5.41, 5.74) is -0.676. The van der Waals surface area contributed by atoms with Gasteiger partial charge >= 0.3 is 0 Å². The molecule has 0 saturated carbocycles. The molecule has 2 unspecified atom stereocenters. The van der Waals surface area contributed by atoms with E-state index in [1.54, 1.807) is 0 Å². The summed E-state index contributed by atoms with van der Waals surface area (Å²) in [6.45, 7) is 2.87. The minimum Gasteiger partial charge on any atom is -0.495 e. The molecule has 2 aliphatic rings. The minimum atomic E-state index is -0.676. The number of aliphatic hydroxyl groups is 1. The summed E-state index contributed by atoms with van der Waals surface area (Å²) in [6, 6.07) is 0. The third kappa shape index (κ3) is 1.59. The van der Waals surface area contributed by atoms with Crippen LogP contribution in [0.3, 0.4) is 0 Å². The Labute approximate surface area is 83.4 Å². The second kappa shape index (κ2) is 3.54. The molecule has 0 aliphatic carbocycles. The zero-order valence-electron chi connectivity index (χ0n) is 7.95. The van der Waals surface area contributed by atoms with E-state index in [0.29, 0.717) is 5.92 Å². The summed E-state index contributed by atoms with van der Waals surface area (Å²) in [5, 5.41) is 10.4. The van der Waals surface area contributed by atoms with Gasteiger partial charge in [-0.2, -0.15) is 11.8 Å². The first-order valence-electron chi connectivity index (χ1n) is 4.87. The SMILES string of the molecule is CC1CSCC1(O)C1=CCCCO1. The van der Waals surface area contributed by atoms with Crippen LogP contribution in [0.25, 0.3) is 0 Å². The predicted octanol–water partition coefficient (Wildman–Crippen LogP) is 1.79. The monoisotopic (exact) mass is 200 g/mol. The van der Waals surface area contributed by atoms with Crippen LogP contribution in [0.1, 0.15) is 19.8 Å². The van der Waals surface area contributed by atoms with Crippen molar-refractivity contribution in [1.29, 1.82) is 0 Å². The summed E-state index contributed by atoms with van der Waals surface area (Å²) in [4.78, 5) is 0. The first-order chi connectivity index (χ1) is 6.23. The number of ether oxygens (including phenoxy) is 1. The molecule has 2 rings (SSSR count). The van der Waals surface area contributed by atoms with Crippen LogP contribution in [0.2, 0.25) is 0 Å². The summed E-state index contributed by atoms with van der Waals surface area (Å²) >= 11 is 1.81. The van der Waals surface area contributed by atoms with Crippen LogP contribution in [0, 0.1) is 5.92 Å². The average Bonchev–Trinajstić information content (AvgIpc) is 2.50. The van der Waals surface area contributed by atoms with Crippen LogP contribution in [0.4, 0.5) is 0 Å². The van der Waals surface area contributed by atoms with Crippen LogP contribution in [0.5, 0.6) is 0 Å². The number of allylic oxidation sites excluding steroid dienone is 1. The summed E-state index contributed by atoms with van der Waals surface area (Å²) in [6.07, 6.45) is 4.20. The lowest BCUT2D eigenvalue weighted by molar-refractivity contribution is -0.00470. The van der Waals surface area contributed by atoms with Gasteiger partial charge in [-0.15, -0.1) is 0 Å². The van der Waals surface area contributed by atoms with Crippen molar-refractivity contribution in [3.05, 3.63) is 11.8 Å². The van der Waals surface area contributed by atoms with E-state index in [-0.39, 0.29) is 0 Å². The summed E-state index contributed by atoms with van der Waals surface area (Å²) in [7, 11) is 0. The van der Waals surface area contributed by atoms with E-state index in [9.17, 15) is 5.11 Å². The largest absolute Gasteiger partial charge is 0.495 e. The molecule has 1 fully saturated rings. The molecular weight excluding hydrogens is 184 g/mol. The van der Waals surface area contributed by atoms with Crippen molar-refractivity contribution in [3.63, 3.8) is 0 Å². The smallest absolute Gasteiger partial charge is 0.133 e. The summed E-state index contributed by atoms with van der Waals surface area (Å²) in [5.74, 6) is 2.98. The van der Waals surface area contributed by atoms with Gasteiger partial charge in [-0.05, 0) is 24.7 Å². The Morgan fingerprint density at radius 1 is 1.69 bits per heavy atom. The zero-order chi connectivity index (χ0) is 9.31. The number of rotatable bonds is 1. The molecule has 2 atom stereocenters. The molecule has 0 aromatic rings. The van der Waals surface area contributed by atoms with E-state index >= 15 is 0 Å². The quantitative estimate of drug-likeness (QED) is 0.700. The van der Waals surface area contributed by atoms with Gasteiger partial charge in [0.2, 0.25) is 0 Å². The fourth-order valence-corrected chi connectivity index (χ4v) is 3.33. The Morgan fingerprint density at radius 2 is 2.54 bits per heavy atom. The molecule has 2 nitrogen and oxygen atoms in total. The van der Waals surface area contributed by atoms with Gasteiger partial charge in [-0.25, -0.2) is 0 Å². The Kier molecular flexibility index (Phi) is 2.56. The lowest BCUT2D eigenvalue weighted by Gasteiger charge is -2.31. The second-order valence-electron chi connectivity index (χ2n) is 3.90. The van der Waals surface area contributed by atoms with Crippen LogP contribution >= 0.6 is 11.8 Å². The van der Waals surface area contributed by atoms with Gasteiger partial charge in [0, 0.05) is 11.7 Å². The molecule has 0 aromatic carbocycles. The van der Waals surface area contributed by atoms with Crippen molar-refractivity contribution in [3.8, 4) is 0 Å². The van der Waals surface area contributed by atoms with Gasteiger partial charge in [0.05, 0.1) is 6.61 Å². The molecule has 0 radical (unpaired) electrons. The maximum Gasteiger partial charge on any atom is 0.133 e. The van der Waals surface area contributed by atoms with Crippen molar-refractivity contribution in [2.45, 2.75) is 25.4 Å². The maximum absolute atomic E-state index is 10.4. The molecule has 0 aromatic heterocycles. The Hall–Kier alpha value is -0.150. The van der Waals surface area contributed by atoms with E-state index < -0.39 is 5.60 Å². The molecule has 1 N–H and O–H groups in total. The highest BCUT2D eigenvalue weighted by Gasteiger charge is 2.43. The number of hydrogen-bond donors (Lipinski definition) is 1. The zero-order valence-corrected chi connectivity index (χ0v) is 8.77. The molecule has 74 valence electrons. The van der Waals surface area contributed by atoms with Gasteiger partial charge < -0.3 is 9.84 Å². The lowest BCUT2D eigenvalue weighted by atomic mass is 9.89. The maximum atomic E-state index is 10.4. The molecule has 3 heteroatoms. The second-order valence-corrected chi connectivity index (χ2v) is 4.93. The normalized spacial score (nSPS) is 39.8. The Bertz CT molecular complexity index is 227. The third-order valence-corrected chi connectivity index (χ3v) is 4.25. The molecule has 13 heavy (non-hydrogen) atoms.